The highest BCUT2D eigenvalue weighted by atomic mass is 16.5. The molecule has 2 aromatic rings. The van der Waals surface area contributed by atoms with Crippen LogP contribution in [0.1, 0.15) is 18.6 Å². The molecule has 4 nitrogen and oxygen atoms in total. The minimum Gasteiger partial charge on any atom is -0.389 e. The van der Waals surface area contributed by atoms with Crippen LogP contribution in [0.25, 0.3) is 11.1 Å². The monoisotopic (exact) mass is 204 g/mol. The molecule has 0 bridgehead atoms. The Kier molecular flexibility index (Phi) is 2.43. The zero-order valence-electron chi connectivity index (χ0n) is 8.34. The van der Waals surface area contributed by atoms with Gasteiger partial charge in [-0.3, -0.25) is 0 Å². The first-order chi connectivity index (χ1) is 7.20. The number of hydrogen-bond acceptors (Lipinski definition) is 4. The average molecular weight is 204 g/mol. The molecule has 1 atom stereocenters. The summed E-state index contributed by atoms with van der Waals surface area (Å²) in [5, 5.41) is 13.2. The molecule has 1 heterocycles. The molecule has 78 valence electrons. The highest BCUT2D eigenvalue weighted by molar-refractivity contribution is 5.74. The Morgan fingerprint density at radius 1 is 1.33 bits per heavy atom. The summed E-state index contributed by atoms with van der Waals surface area (Å²) in [6.45, 7) is 1.71. The van der Waals surface area contributed by atoms with Crippen molar-refractivity contribution in [3.63, 3.8) is 0 Å². The van der Waals surface area contributed by atoms with Crippen molar-refractivity contribution in [3.05, 3.63) is 36.0 Å². The fourth-order valence-corrected chi connectivity index (χ4v) is 1.56. The molecule has 15 heavy (non-hydrogen) atoms. The number of anilines is 1. The lowest BCUT2D eigenvalue weighted by Gasteiger charge is -2.09. The number of rotatable bonds is 2. The van der Waals surface area contributed by atoms with Gasteiger partial charge < -0.3 is 15.4 Å². The lowest BCUT2D eigenvalue weighted by molar-refractivity contribution is 0.200. The van der Waals surface area contributed by atoms with E-state index in [4.69, 9.17) is 10.3 Å². The van der Waals surface area contributed by atoms with Crippen LogP contribution in [0.2, 0.25) is 0 Å². The maximum absolute atomic E-state index is 9.60. The highest BCUT2D eigenvalue weighted by Crippen LogP contribution is 2.31. The lowest BCUT2D eigenvalue weighted by atomic mass is 9.99. The third kappa shape index (κ3) is 1.71. The second kappa shape index (κ2) is 3.74. The largest absolute Gasteiger partial charge is 0.389 e. The zero-order valence-corrected chi connectivity index (χ0v) is 8.34. The van der Waals surface area contributed by atoms with Crippen molar-refractivity contribution >= 4 is 5.88 Å². The molecule has 0 aliphatic carbocycles. The van der Waals surface area contributed by atoms with Crippen molar-refractivity contribution in [2.45, 2.75) is 13.0 Å². The number of nitrogens with zero attached hydrogens (tertiary/aromatic N) is 1. The van der Waals surface area contributed by atoms with Crippen molar-refractivity contribution in [1.82, 2.24) is 5.16 Å². The first-order valence-electron chi connectivity index (χ1n) is 4.67. The van der Waals surface area contributed by atoms with Crippen molar-refractivity contribution in [3.8, 4) is 11.1 Å². The maximum Gasteiger partial charge on any atom is 0.229 e. The molecule has 3 N–H and O–H groups in total. The summed E-state index contributed by atoms with van der Waals surface area (Å²) in [5.74, 6) is 0.267. The van der Waals surface area contributed by atoms with Gasteiger partial charge in [-0.2, -0.15) is 0 Å². The Balaban J connectivity index is 2.58. The molecule has 1 aromatic heterocycles. The summed E-state index contributed by atoms with van der Waals surface area (Å²) in [7, 11) is 0. The Labute approximate surface area is 87.3 Å². The number of aromatic nitrogens is 1. The lowest BCUT2D eigenvalue weighted by Crippen LogP contribution is -1.95. The third-order valence-electron chi connectivity index (χ3n) is 2.30. The van der Waals surface area contributed by atoms with Gasteiger partial charge in [0.1, 0.15) is 0 Å². The molecular weight excluding hydrogens is 192 g/mol. The standard InChI is InChI=1S/C11H12N2O2/c1-7(14)8-4-2-3-5-9(8)10-6-13-15-11(10)12/h2-7,14H,12H2,1H3. The first kappa shape index (κ1) is 9.73. The zero-order chi connectivity index (χ0) is 10.8. The summed E-state index contributed by atoms with van der Waals surface area (Å²) in [5.41, 5.74) is 8.01. The van der Waals surface area contributed by atoms with E-state index >= 15 is 0 Å². The van der Waals surface area contributed by atoms with Crippen LogP contribution in [0.15, 0.2) is 35.0 Å². The normalized spacial score (nSPS) is 12.7. The van der Waals surface area contributed by atoms with Crippen LogP contribution in [-0.4, -0.2) is 10.3 Å². The van der Waals surface area contributed by atoms with E-state index in [1.807, 2.05) is 24.3 Å². The van der Waals surface area contributed by atoms with Gasteiger partial charge >= 0.3 is 0 Å². The van der Waals surface area contributed by atoms with Crippen LogP contribution in [0, 0.1) is 0 Å². The molecule has 0 radical (unpaired) electrons. The minimum atomic E-state index is -0.546. The fraction of sp³-hybridized carbons (Fsp3) is 0.182. The van der Waals surface area contributed by atoms with Gasteiger partial charge in [-0.1, -0.05) is 29.4 Å². The second-order valence-corrected chi connectivity index (χ2v) is 3.37. The predicted octanol–water partition coefficient (Wildman–Crippen LogP) is 1.98. The van der Waals surface area contributed by atoms with Crippen molar-refractivity contribution in [2.24, 2.45) is 0 Å². The van der Waals surface area contributed by atoms with E-state index in [1.54, 1.807) is 13.1 Å². The van der Waals surface area contributed by atoms with Crippen LogP contribution in [-0.2, 0) is 0 Å². The highest BCUT2D eigenvalue weighted by Gasteiger charge is 2.13. The quantitative estimate of drug-likeness (QED) is 0.784. The predicted molar refractivity (Wildman–Crippen MR) is 57.0 cm³/mol. The SMILES string of the molecule is CC(O)c1ccccc1-c1cnoc1N. The van der Waals surface area contributed by atoms with E-state index in [9.17, 15) is 5.11 Å². The summed E-state index contributed by atoms with van der Waals surface area (Å²) in [6, 6.07) is 7.49. The van der Waals surface area contributed by atoms with Crippen LogP contribution in [0.4, 0.5) is 5.88 Å². The summed E-state index contributed by atoms with van der Waals surface area (Å²) in [6.07, 6.45) is 1.01. The van der Waals surface area contributed by atoms with Gasteiger partial charge in [0.2, 0.25) is 5.88 Å². The van der Waals surface area contributed by atoms with E-state index in [0.717, 1.165) is 11.1 Å². The Bertz CT molecular complexity index is 463. The molecule has 0 amide bonds. The number of nitrogens with two attached hydrogens (primary N) is 1. The third-order valence-corrected chi connectivity index (χ3v) is 2.30. The van der Waals surface area contributed by atoms with Crippen LogP contribution in [0.5, 0.6) is 0 Å². The van der Waals surface area contributed by atoms with Crippen LogP contribution in [0.3, 0.4) is 0 Å². The van der Waals surface area contributed by atoms with E-state index < -0.39 is 6.10 Å². The van der Waals surface area contributed by atoms with Crippen LogP contribution < -0.4 is 5.73 Å². The summed E-state index contributed by atoms with van der Waals surface area (Å²) in [4.78, 5) is 0. The Morgan fingerprint density at radius 3 is 2.67 bits per heavy atom. The van der Waals surface area contributed by atoms with Gasteiger partial charge in [-0.15, -0.1) is 0 Å². The molecule has 0 aliphatic rings. The maximum atomic E-state index is 9.60. The van der Waals surface area contributed by atoms with Gasteiger partial charge in [-0.25, -0.2) is 0 Å². The summed E-state index contributed by atoms with van der Waals surface area (Å²) < 4.78 is 4.80. The molecule has 0 spiro atoms. The molecular formula is C11H12N2O2. The first-order valence-corrected chi connectivity index (χ1v) is 4.67. The Morgan fingerprint density at radius 2 is 2.07 bits per heavy atom. The number of nitrogen functional groups attached to an aromatic ring is 1. The molecule has 0 saturated carbocycles. The topological polar surface area (TPSA) is 72.3 Å². The van der Waals surface area contributed by atoms with Gasteiger partial charge in [-0.05, 0) is 18.1 Å². The number of aliphatic hydroxyl groups is 1. The van der Waals surface area contributed by atoms with Gasteiger partial charge in [0.15, 0.2) is 0 Å². The van der Waals surface area contributed by atoms with Gasteiger partial charge in [0.25, 0.3) is 0 Å². The minimum absolute atomic E-state index is 0.267. The average Bonchev–Trinajstić information content (AvgIpc) is 2.64. The fourth-order valence-electron chi connectivity index (χ4n) is 1.56. The van der Waals surface area contributed by atoms with Crippen molar-refractivity contribution in [1.29, 1.82) is 0 Å². The van der Waals surface area contributed by atoms with Crippen molar-refractivity contribution < 1.29 is 9.63 Å². The van der Waals surface area contributed by atoms with Crippen LogP contribution >= 0.6 is 0 Å². The number of aliphatic hydroxyl groups excluding tert-OH is 1. The second-order valence-electron chi connectivity index (χ2n) is 3.37. The smallest absolute Gasteiger partial charge is 0.229 e. The molecule has 1 unspecified atom stereocenters. The van der Waals surface area contributed by atoms with Crippen molar-refractivity contribution in [2.75, 3.05) is 5.73 Å². The molecule has 0 fully saturated rings. The number of hydrogen-bond donors (Lipinski definition) is 2. The van der Waals surface area contributed by atoms with Gasteiger partial charge in [0, 0.05) is 0 Å². The molecule has 0 aliphatic heterocycles. The molecule has 4 heteroatoms. The molecule has 2 rings (SSSR count). The van der Waals surface area contributed by atoms with E-state index in [2.05, 4.69) is 5.16 Å². The van der Waals surface area contributed by atoms with E-state index in [0.29, 0.717) is 5.56 Å². The molecule has 0 saturated heterocycles. The summed E-state index contributed by atoms with van der Waals surface area (Å²) >= 11 is 0. The Hall–Kier alpha value is -1.81. The van der Waals surface area contributed by atoms with E-state index in [-0.39, 0.29) is 5.88 Å². The van der Waals surface area contributed by atoms with Gasteiger partial charge in [0.05, 0.1) is 17.9 Å². The van der Waals surface area contributed by atoms with E-state index in [1.165, 1.54) is 0 Å². The molecule has 1 aromatic carbocycles. The number of benzene rings is 1.